The van der Waals surface area contributed by atoms with E-state index in [9.17, 15) is 5.26 Å². The number of nitrogens with two attached hydrogens (primary N) is 1. The molecular weight excluding hydrogens is 482 g/mol. The Labute approximate surface area is 225 Å². The normalized spacial score (nSPS) is 22.8. The summed E-state index contributed by atoms with van der Waals surface area (Å²) in [5.41, 5.74) is 11.6. The Balaban J connectivity index is 0.00000156. The average Bonchev–Trinajstić information content (AvgIpc) is 3.53. The van der Waals surface area contributed by atoms with Gasteiger partial charge >= 0.3 is 0 Å². The second-order valence-electron chi connectivity index (χ2n) is 10.0. The summed E-state index contributed by atoms with van der Waals surface area (Å²) >= 11 is 6.56. The molecule has 1 aliphatic carbocycles. The van der Waals surface area contributed by atoms with Crippen molar-refractivity contribution in [2.75, 3.05) is 13.1 Å². The molecule has 2 aromatic heterocycles. The maximum atomic E-state index is 9.68. The van der Waals surface area contributed by atoms with Crippen molar-refractivity contribution in [2.45, 2.75) is 78.4 Å². The third-order valence-electron chi connectivity index (χ3n) is 7.74. The van der Waals surface area contributed by atoms with Gasteiger partial charge in [-0.05, 0) is 74.8 Å². The molecule has 2 N–H and O–H groups in total. The van der Waals surface area contributed by atoms with Crippen molar-refractivity contribution < 1.29 is 0 Å². The van der Waals surface area contributed by atoms with Crippen LogP contribution in [0.2, 0.25) is 5.02 Å². The fourth-order valence-electron chi connectivity index (χ4n) is 5.79. The molecule has 2 aliphatic rings. The van der Waals surface area contributed by atoms with Gasteiger partial charge in [0.15, 0.2) is 11.3 Å². The summed E-state index contributed by atoms with van der Waals surface area (Å²) < 4.78 is 1.78. The van der Waals surface area contributed by atoms with Gasteiger partial charge in [-0.3, -0.25) is 4.90 Å². The number of halogens is 1. The Morgan fingerprint density at radius 3 is 2.76 bits per heavy atom. The molecule has 1 aliphatic heterocycles. The van der Waals surface area contributed by atoms with Gasteiger partial charge < -0.3 is 5.73 Å². The zero-order valence-corrected chi connectivity index (χ0v) is 23.3. The lowest BCUT2D eigenvalue weighted by Crippen LogP contribution is -2.46. The minimum absolute atomic E-state index is 0.191. The van der Waals surface area contributed by atoms with Gasteiger partial charge in [-0.15, -0.1) is 0 Å². The molecule has 1 aromatic carbocycles. The van der Waals surface area contributed by atoms with Crippen LogP contribution < -0.4 is 5.73 Å². The largest absolute Gasteiger partial charge is 0.329 e. The van der Waals surface area contributed by atoms with E-state index >= 15 is 0 Å². The summed E-state index contributed by atoms with van der Waals surface area (Å²) in [6.45, 7) is 12.2. The lowest BCUT2D eigenvalue weighted by Gasteiger charge is -2.38. The Morgan fingerprint density at radius 2 is 2.08 bits per heavy atom. The van der Waals surface area contributed by atoms with Gasteiger partial charge in [0.05, 0.1) is 17.9 Å². The van der Waals surface area contributed by atoms with Crippen molar-refractivity contribution in [1.29, 1.82) is 5.26 Å². The Morgan fingerprint density at radius 1 is 1.30 bits per heavy atom. The van der Waals surface area contributed by atoms with E-state index in [0.29, 0.717) is 34.2 Å². The summed E-state index contributed by atoms with van der Waals surface area (Å²) in [6, 6.07) is 9.00. The second-order valence-corrected chi connectivity index (χ2v) is 10.4. The first-order valence-electron chi connectivity index (χ1n) is 13.5. The summed E-state index contributed by atoms with van der Waals surface area (Å²) in [7, 11) is 0. The number of allylic oxidation sites excluding steroid dienone is 1. The molecule has 0 spiro atoms. The van der Waals surface area contributed by atoms with E-state index in [1.54, 1.807) is 10.9 Å². The number of aromatic nitrogens is 4. The van der Waals surface area contributed by atoms with Crippen LogP contribution in [-0.4, -0.2) is 49.8 Å². The second kappa shape index (κ2) is 11.7. The summed E-state index contributed by atoms with van der Waals surface area (Å²) in [4.78, 5) is 12.2. The minimum atomic E-state index is -0.191. The van der Waals surface area contributed by atoms with Gasteiger partial charge in [-0.2, -0.15) is 10.4 Å². The van der Waals surface area contributed by atoms with Gasteiger partial charge in [0.2, 0.25) is 0 Å². The quantitative estimate of drug-likeness (QED) is 0.450. The van der Waals surface area contributed by atoms with E-state index in [1.165, 1.54) is 18.4 Å². The Hall–Kier alpha value is -2.79. The van der Waals surface area contributed by atoms with Gasteiger partial charge in [0.25, 0.3) is 0 Å². The highest BCUT2D eigenvalue weighted by atomic mass is 35.5. The molecule has 0 radical (unpaired) electrons. The maximum absolute atomic E-state index is 9.68. The van der Waals surface area contributed by atoms with Crippen LogP contribution in [0.15, 0.2) is 30.5 Å². The standard InChI is InChI=1S/C27H32ClN7.C2H6/c1-16-6-8-21(22(28)11-16)18(3)35-27-26(23(14-30)33-35)31-15-24(32-27)19-7-9-25(17(2)12-19)34-10-4-5-20(34)13-29;1-2/h6-8,11,15,17-18,20,25H,4-5,9-10,12-13,29H2,1-3H3;1-2H3/t17-,18-,20+,25+;/m1./s1. The van der Waals surface area contributed by atoms with Crippen molar-refractivity contribution in [1.82, 2.24) is 24.6 Å². The molecule has 8 heteroatoms. The van der Waals surface area contributed by atoms with Crippen LogP contribution in [0.3, 0.4) is 0 Å². The fourth-order valence-corrected chi connectivity index (χ4v) is 6.19. The molecule has 7 nitrogen and oxygen atoms in total. The molecule has 196 valence electrons. The van der Waals surface area contributed by atoms with Crippen molar-refractivity contribution in [3.8, 4) is 6.07 Å². The number of hydrogen-bond acceptors (Lipinski definition) is 6. The van der Waals surface area contributed by atoms with Crippen molar-refractivity contribution in [3.05, 3.63) is 58.0 Å². The zero-order chi connectivity index (χ0) is 26.7. The average molecular weight is 520 g/mol. The SMILES string of the molecule is CC.Cc1ccc([C@@H](C)n2nc(C#N)c3ncc(C4=CC[C@H](N5CCC[C@H]5CN)[C@H](C)C4)nc32)c(Cl)c1. The smallest absolute Gasteiger partial charge is 0.190 e. The van der Waals surface area contributed by atoms with Crippen LogP contribution in [0.25, 0.3) is 16.7 Å². The van der Waals surface area contributed by atoms with Crippen molar-refractivity contribution in [2.24, 2.45) is 11.7 Å². The highest BCUT2D eigenvalue weighted by molar-refractivity contribution is 6.31. The molecule has 3 aromatic rings. The van der Waals surface area contributed by atoms with Crippen LogP contribution in [0.1, 0.15) is 81.9 Å². The minimum Gasteiger partial charge on any atom is -0.329 e. The van der Waals surface area contributed by atoms with Crippen LogP contribution in [0, 0.1) is 24.2 Å². The monoisotopic (exact) mass is 519 g/mol. The highest BCUT2D eigenvalue weighted by Crippen LogP contribution is 2.36. The molecule has 3 heterocycles. The van der Waals surface area contributed by atoms with Crippen LogP contribution in [0.5, 0.6) is 0 Å². The van der Waals surface area contributed by atoms with E-state index in [0.717, 1.165) is 42.8 Å². The van der Waals surface area contributed by atoms with E-state index in [-0.39, 0.29) is 11.7 Å². The molecule has 0 unspecified atom stereocenters. The zero-order valence-electron chi connectivity index (χ0n) is 22.6. The summed E-state index contributed by atoms with van der Waals surface area (Å²) in [6.07, 6.45) is 8.47. The van der Waals surface area contributed by atoms with E-state index < -0.39 is 0 Å². The van der Waals surface area contributed by atoms with Gasteiger partial charge in [0.1, 0.15) is 11.6 Å². The number of likely N-dealkylation sites (tertiary alicyclic amines) is 1. The number of fused-ring (bicyclic) bond motifs is 1. The number of nitriles is 1. The van der Waals surface area contributed by atoms with Gasteiger partial charge in [-0.25, -0.2) is 14.6 Å². The number of aryl methyl sites for hydroxylation is 1. The topological polar surface area (TPSA) is 96.7 Å². The Kier molecular flexibility index (Phi) is 8.63. The third kappa shape index (κ3) is 5.29. The molecule has 1 fully saturated rings. The predicted octanol–water partition coefficient (Wildman–Crippen LogP) is 5.90. The molecule has 37 heavy (non-hydrogen) atoms. The van der Waals surface area contributed by atoms with Crippen LogP contribution in [0.4, 0.5) is 0 Å². The molecule has 4 atom stereocenters. The number of benzene rings is 1. The number of rotatable bonds is 5. The lowest BCUT2D eigenvalue weighted by atomic mass is 9.83. The number of hydrogen-bond donors (Lipinski definition) is 1. The van der Waals surface area contributed by atoms with Crippen molar-refractivity contribution in [3.63, 3.8) is 0 Å². The third-order valence-corrected chi connectivity index (χ3v) is 8.06. The molecular formula is C29H38ClN7. The molecule has 0 amide bonds. The molecule has 5 rings (SSSR count). The van der Waals surface area contributed by atoms with Gasteiger partial charge in [0, 0.05) is 23.7 Å². The first kappa shape index (κ1) is 27.3. The highest BCUT2D eigenvalue weighted by Gasteiger charge is 2.35. The summed E-state index contributed by atoms with van der Waals surface area (Å²) in [5, 5.41) is 14.9. The first-order valence-corrected chi connectivity index (χ1v) is 13.9. The van der Waals surface area contributed by atoms with Crippen LogP contribution >= 0.6 is 11.6 Å². The predicted molar refractivity (Wildman–Crippen MR) is 150 cm³/mol. The van der Waals surface area contributed by atoms with E-state index in [4.69, 9.17) is 22.3 Å². The van der Waals surface area contributed by atoms with Gasteiger partial charge in [-0.1, -0.05) is 50.6 Å². The first-order chi connectivity index (χ1) is 17.9. The lowest BCUT2D eigenvalue weighted by molar-refractivity contribution is 0.135. The van der Waals surface area contributed by atoms with E-state index in [2.05, 4.69) is 34.1 Å². The molecule has 1 saturated heterocycles. The number of nitrogens with zero attached hydrogens (tertiary/aromatic N) is 6. The molecule has 0 saturated carbocycles. The van der Waals surface area contributed by atoms with E-state index in [1.807, 2.05) is 45.9 Å². The van der Waals surface area contributed by atoms with Crippen molar-refractivity contribution >= 4 is 28.3 Å². The fraction of sp³-hybridized carbons (Fsp3) is 0.517. The summed E-state index contributed by atoms with van der Waals surface area (Å²) in [5.74, 6) is 0.504. The Bertz CT molecular complexity index is 1320. The van der Waals surface area contributed by atoms with Crippen LogP contribution in [-0.2, 0) is 0 Å². The molecule has 0 bridgehead atoms. The maximum Gasteiger partial charge on any atom is 0.190 e.